The molecule has 2 heteroatoms. The standard InChI is InChI=1S/C60H42N2.C2H4/c1-3-14-43(15-4-1)48-18-11-20-50(40-48)45-28-34-53(35-29-45)61(54-36-30-46(31-37-54)51-21-12-19-49(41-51)44-16-5-2-6-17-44)55-38-32-47(33-39-55)52-22-13-23-56(42-52)62-59-26-9-7-24-57(59)58-25-8-10-27-60(58)62;1-2/h1-42H;1-2H2. The molecule has 0 fully saturated rings. The van der Waals surface area contributed by atoms with Gasteiger partial charge in [-0.1, -0.05) is 182 Å². The van der Waals surface area contributed by atoms with Gasteiger partial charge < -0.3 is 9.47 Å². The van der Waals surface area contributed by atoms with Gasteiger partial charge in [-0.3, -0.25) is 0 Å². The van der Waals surface area contributed by atoms with Crippen molar-refractivity contribution in [2.75, 3.05) is 4.90 Å². The third-order valence-corrected chi connectivity index (χ3v) is 12.0. The van der Waals surface area contributed by atoms with Crippen LogP contribution >= 0.6 is 0 Å². The molecule has 0 unspecified atom stereocenters. The van der Waals surface area contributed by atoms with Gasteiger partial charge >= 0.3 is 0 Å². The predicted octanol–water partition coefficient (Wildman–Crippen LogP) is 17.4. The van der Waals surface area contributed by atoms with Crippen LogP contribution in [0.25, 0.3) is 83.1 Å². The molecule has 11 rings (SSSR count). The second kappa shape index (κ2) is 17.9. The molecule has 0 aliphatic rings. The molecule has 1 heterocycles. The predicted molar refractivity (Wildman–Crippen MR) is 274 cm³/mol. The summed E-state index contributed by atoms with van der Waals surface area (Å²) in [7, 11) is 0. The Kier molecular flexibility index (Phi) is 11.1. The van der Waals surface area contributed by atoms with Gasteiger partial charge in [0.2, 0.25) is 0 Å². The number of hydrogen-bond acceptors (Lipinski definition) is 1. The van der Waals surface area contributed by atoms with Crippen molar-refractivity contribution < 1.29 is 0 Å². The smallest absolute Gasteiger partial charge is 0.0541 e. The van der Waals surface area contributed by atoms with Gasteiger partial charge in [0.05, 0.1) is 11.0 Å². The monoisotopic (exact) mass is 818 g/mol. The lowest BCUT2D eigenvalue weighted by molar-refractivity contribution is 1.18. The Hall–Kier alpha value is -8.46. The summed E-state index contributed by atoms with van der Waals surface area (Å²) in [5, 5.41) is 2.53. The van der Waals surface area contributed by atoms with Gasteiger partial charge in [0.1, 0.15) is 0 Å². The highest BCUT2D eigenvalue weighted by molar-refractivity contribution is 6.09. The van der Waals surface area contributed by atoms with E-state index in [9.17, 15) is 0 Å². The van der Waals surface area contributed by atoms with Crippen molar-refractivity contribution in [1.29, 1.82) is 0 Å². The van der Waals surface area contributed by atoms with Crippen LogP contribution in [0.2, 0.25) is 0 Å². The van der Waals surface area contributed by atoms with Crippen molar-refractivity contribution >= 4 is 38.9 Å². The number of anilines is 3. The van der Waals surface area contributed by atoms with Gasteiger partial charge in [-0.2, -0.15) is 0 Å². The van der Waals surface area contributed by atoms with E-state index in [-0.39, 0.29) is 0 Å². The van der Waals surface area contributed by atoms with Crippen molar-refractivity contribution in [3.8, 4) is 61.3 Å². The first kappa shape index (κ1) is 39.7. The fraction of sp³-hybridized carbons (Fsp3) is 0. The van der Waals surface area contributed by atoms with Gasteiger partial charge in [-0.05, 0) is 128 Å². The van der Waals surface area contributed by atoms with Crippen LogP contribution in [-0.2, 0) is 0 Å². The largest absolute Gasteiger partial charge is 0.311 e. The summed E-state index contributed by atoms with van der Waals surface area (Å²) in [6, 6.07) is 92.0. The molecule has 0 amide bonds. The molecule has 1 aromatic heterocycles. The summed E-state index contributed by atoms with van der Waals surface area (Å²) in [6.07, 6.45) is 0. The van der Waals surface area contributed by atoms with Crippen LogP contribution in [-0.4, -0.2) is 4.57 Å². The Morgan fingerprint density at radius 3 is 0.938 bits per heavy atom. The first-order chi connectivity index (χ1) is 31.7. The second-order valence-corrected chi connectivity index (χ2v) is 15.8. The summed E-state index contributed by atoms with van der Waals surface area (Å²) in [5.74, 6) is 0. The number of fused-ring (bicyclic) bond motifs is 3. The number of aromatic nitrogens is 1. The molecular formula is C62H46N2. The van der Waals surface area contributed by atoms with Gasteiger partial charge in [-0.25, -0.2) is 0 Å². The zero-order valence-corrected chi connectivity index (χ0v) is 35.6. The van der Waals surface area contributed by atoms with Gasteiger partial charge in [0.25, 0.3) is 0 Å². The summed E-state index contributed by atoms with van der Waals surface area (Å²) >= 11 is 0. The molecule has 0 bridgehead atoms. The molecule has 304 valence electrons. The Labute approximate surface area is 375 Å². The normalized spacial score (nSPS) is 10.9. The molecule has 0 saturated heterocycles. The van der Waals surface area contributed by atoms with E-state index in [2.05, 4.69) is 277 Å². The minimum atomic E-state index is 1.09. The van der Waals surface area contributed by atoms with E-state index in [0.717, 1.165) is 22.7 Å². The minimum Gasteiger partial charge on any atom is -0.311 e. The quantitative estimate of drug-likeness (QED) is 0.132. The number of hydrogen-bond donors (Lipinski definition) is 0. The first-order valence-corrected chi connectivity index (χ1v) is 21.7. The van der Waals surface area contributed by atoms with E-state index in [1.54, 1.807) is 0 Å². The average Bonchev–Trinajstić information content (AvgIpc) is 3.73. The Bertz CT molecular complexity index is 3150. The molecule has 0 N–H and O–H groups in total. The number of rotatable bonds is 9. The maximum Gasteiger partial charge on any atom is 0.0541 e. The molecule has 10 aromatic carbocycles. The van der Waals surface area contributed by atoms with Crippen LogP contribution in [0.15, 0.2) is 268 Å². The zero-order valence-electron chi connectivity index (χ0n) is 35.6. The zero-order chi connectivity index (χ0) is 43.2. The van der Waals surface area contributed by atoms with Crippen molar-refractivity contribution in [2.45, 2.75) is 0 Å². The Balaban J connectivity index is 0.00000239. The maximum absolute atomic E-state index is 3.00. The maximum atomic E-state index is 3.00. The highest BCUT2D eigenvalue weighted by Crippen LogP contribution is 2.39. The van der Waals surface area contributed by atoms with Crippen LogP contribution in [0.5, 0.6) is 0 Å². The van der Waals surface area contributed by atoms with Crippen molar-refractivity contribution in [3.05, 3.63) is 268 Å². The molecule has 0 saturated carbocycles. The van der Waals surface area contributed by atoms with Gasteiger partial charge in [0.15, 0.2) is 0 Å². The first-order valence-electron chi connectivity index (χ1n) is 21.7. The average molecular weight is 819 g/mol. The summed E-state index contributed by atoms with van der Waals surface area (Å²) in [6.45, 7) is 6.00. The van der Waals surface area contributed by atoms with Crippen molar-refractivity contribution in [3.63, 3.8) is 0 Å². The van der Waals surface area contributed by atoms with E-state index in [1.165, 1.54) is 77.4 Å². The molecule has 0 aliphatic heterocycles. The summed E-state index contributed by atoms with van der Waals surface area (Å²) in [5.41, 5.74) is 18.8. The van der Waals surface area contributed by atoms with E-state index in [0.29, 0.717) is 0 Å². The topological polar surface area (TPSA) is 8.17 Å². The van der Waals surface area contributed by atoms with Crippen LogP contribution < -0.4 is 4.90 Å². The summed E-state index contributed by atoms with van der Waals surface area (Å²) in [4.78, 5) is 2.35. The Morgan fingerprint density at radius 1 is 0.250 bits per heavy atom. The van der Waals surface area contributed by atoms with Crippen LogP contribution in [0, 0.1) is 0 Å². The minimum absolute atomic E-state index is 1.09. The second-order valence-electron chi connectivity index (χ2n) is 15.8. The highest BCUT2D eigenvalue weighted by Gasteiger charge is 2.16. The summed E-state index contributed by atoms with van der Waals surface area (Å²) < 4.78 is 2.38. The molecule has 2 nitrogen and oxygen atoms in total. The van der Waals surface area contributed by atoms with Gasteiger partial charge in [0, 0.05) is 33.5 Å². The van der Waals surface area contributed by atoms with Gasteiger partial charge in [-0.15, -0.1) is 13.2 Å². The molecular weight excluding hydrogens is 773 g/mol. The van der Waals surface area contributed by atoms with E-state index in [1.807, 2.05) is 0 Å². The third-order valence-electron chi connectivity index (χ3n) is 12.0. The highest BCUT2D eigenvalue weighted by atomic mass is 15.1. The number of nitrogens with zero attached hydrogens (tertiary/aromatic N) is 2. The molecule has 64 heavy (non-hydrogen) atoms. The molecule has 11 aromatic rings. The van der Waals surface area contributed by atoms with Crippen molar-refractivity contribution in [1.82, 2.24) is 4.57 Å². The molecule has 0 spiro atoms. The molecule has 0 aliphatic carbocycles. The molecule has 0 atom stereocenters. The lowest BCUT2D eigenvalue weighted by atomic mass is 9.98. The third kappa shape index (κ3) is 7.81. The fourth-order valence-electron chi connectivity index (χ4n) is 8.90. The molecule has 0 radical (unpaired) electrons. The van der Waals surface area contributed by atoms with E-state index < -0.39 is 0 Å². The lowest BCUT2D eigenvalue weighted by Crippen LogP contribution is -2.09. The Morgan fingerprint density at radius 2 is 0.547 bits per heavy atom. The fourth-order valence-corrected chi connectivity index (χ4v) is 8.90. The van der Waals surface area contributed by atoms with E-state index in [4.69, 9.17) is 0 Å². The number of benzene rings is 10. The van der Waals surface area contributed by atoms with Crippen molar-refractivity contribution in [2.24, 2.45) is 0 Å². The van der Waals surface area contributed by atoms with Crippen LogP contribution in [0.3, 0.4) is 0 Å². The van der Waals surface area contributed by atoms with Crippen LogP contribution in [0.4, 0.5) is 17.1 Å². The SMILES string of the molecule is C=C.c1ccc(-c2cccc(-c3ccc(N(c4ccc(-c5cccc(-c6ccccc6)c5)cc4)c4ccc(-c5cccc(-n6c7ccccc7c7ccccc76)c5)cc4)cc3)c2)cc1. The van der Waals surface area contributed by atoms with Crippen LogP contribution in [0.1, 0.15) is 0 Å². The lowest BCUT2D eigenvalue weighted by Gasteiger charge is -2.26. The van der Waals surface area contributed by atoms with E-state index >= 15 is 0 Å². The number of para-hydroxylation sites is 2.